The summed E-state index contributed by atoms with van der Waals surface area (Å²) in [5.41, 5.74) is 3.49. The van der Waals surface area contributed by atoms with Gasteiger partial charge in [0.25, 0.3) is 0 Å². The Morgan fingerprint density at radius 1 is 1.10 bits per heavy atom. The van der Waals surface area contributed by atoms with E-state index in [0.717, 1.165) is 30.7 Å². The van der Waals surface area contributed by atoms with Crippen molar-refractivity contribution >= 4 is 22.5 Å². The second-order valence-electron chi connectivity index (χ2n) is 8.29. The Balaban J connectivity index is 1.44. The number of fused-ring (bicyclic) bond motifs is 1. The number of carbonyl (C=O) groups excluding carboxylic acids is 1. The first-order chi connectivity index (χ1) is 14.6. The smallest absolute Gasteiger partial charge is 0.224 e. The molecule has 1 atom stereocenters. The lowest BCUT2D eigenvalue weighted by Crippen LogP contribution is -2.37. The number of para-hydroxylation sites is 1. The summed E-state index contributed by atoms with van der Waals surface area (Å²) in [5.74, 6) is 0.181. The maximum atomic E-state index is 13.2. The Morgan fingerprint density at radius 3 is 2.63 bits per heavy atom. The molecular formula is C25H31N3O2. The number of amides is 1. The Labute approximate surface area is 178 Å². The van der Waals surface area contributed by atoms with E-state index in [4.69, 9.17) is 4.74 Å². The van der Waals surface area contributed by atoms with E-state index in [-0.39, 0.29) is 12.0 Å². The molecule has 3 aromatic rings. The number of aryl methyl sites for hydroxylation is 1. The zero-order chi connectivity index (χ0) is 20.9. The van der Waals surface area contributed by atoms with E-state index in [1.165, 1.54) is 10.9 Å². The molecule has 5 heteroatoms. The van der Waals surface area contributed by atoms with Crippen LogP contribution in [0.3, 0.4) is 0 Å². The summed E-state index contributed by atoms with van der Waals surface area (Å²) < 4.78 is 7.99. The second kappa shape index (κ2) is 9.35. The van der Waals surface area contributed by atoms with Gasteiger partial charge in [-0.2, -0.15) is 0 Å². The highest BCUT2D eigenvalue weighted by Gasteiger charge is 2.23. The van der Waals surface area contributed by atoms with Crippen molar-refractivity contribution in [1.82, 2.24) is 9.47 Å². The summed E-state index contributed by atoms with van der Waals surface area (Å²) in [6.45, 7) is 2.78. The summed E-state index contributed by atoms with van der Waals surface area (Å²) >= 11 is 0. The van der Waals surface area contributed by atoms with Crippen LogP contribution in [0, 0.1) is 0 Å². The molecule has 0 aliphatic carbocycles. The van der Waals surface area contributed by atoms with Gasteiger partial charge in [-0.15, -0.1) is 0 Å². The molecule has 1 unspecified atom stereocenters. The van der Waals surface area contributed by atoms with Crippen molar-refractivity contribution in [2.45, 2.75) is 38.5 Å². The van der Waals surface area contributed by atoms with Crippen molar-refractivity contribution in [3.8, 4) is 0 Å². The Bertz CT molecular complexity index is 971. The van der Waals surface area contributed by atoms with E-state index in [2.05, 4.69) is 58.1 Å². The molecule has 1 aliphatic heterocycles. The van der Waals surface area contributed by atoms with Gasteiger partial charge in [0.15, 0.2) is 0 Å². The number of anilines is 1. The van der Waals surface area contributed by atoms with E-state index in [1.54, 1.807) is 0 Å². The minimum atomic E-state index is 0.155. The number of carbonyl (C=O) groups is 1. The van der Waals surface area contributed by atoms with Crippen LogP contribution in [0.5, 0.6) is 0 Å². The first kappa shape index (κ1) is 20.5. The van der Waals surface area contributed by atoms with Crippen LogP contribution < -0.4 is 4.90 Å². The molecule has 0 radical (unpaired) electrons. The highest BCUT2D eigenvalue weighted by atomic mass is 16.5. The first-order valence-electron chi connectivity index (χ1n) is 10.8. The van der Waals surface area contributed by atoms with Gasteiger partial charge in [0.05, 0.1) is 6.10 Å². The highest BCUT2D eigenvalue weighted by molar-refractivity contribution is 5.80. The average Bonchev–Trinajstić information content (AvgIpc) is 3.42. The van der Waals surface area contributed by atoms with Gasteiger partial charge in [0.2, 0.25) is 5.91 Å². The van der Waals surface area contributed by atoms with E-state index in [1.807, 2.05) is 31.1 Å². The fraction of sp³-hybridized carbons (Fsp3) is 0.400. The van der Waals surface area contributed by atoms with Crippen molar-refractivity contribution in [2.24, 2.45) is 0 Å². The summed E-state index contributed by atoms with van der Waals surface area (Å²) in [5, 5.41) is 1.21. The summed E-state index contributed by atoms with van der Waals surface area (Å²) in [6.07, 6.45) is 4.83. The van der Waals surface area contributed by atoms with Crippen molar-refractivity contribution in [1.29, 1.82) is 0 Å². The topological polar surface area (TPSA) is 37.7 Å². The number of hydrogen-bond acceptors (Lipinski definition) is 3. The van der Waals surface area contributed by atoms with Crippen LogP contribution in [-0.4, -0.2) is 48.7 Å². The molecule has 1 amide bonds. The maximum absolute atomic E-state index is 13.2. The number of benzene rings is 2. The molecular weight excluding hydrogens is 374 g/mol. The van der Waals surface area contributed by atoms with Gasteiger partial charge in [-0.05, 0) is 48.1 Å². The van der Waals surface area contributed by atoms with Gasteiger partial charge in [-0.3, -0.25) is 4.79 Å². The largest absolute Gasteiger partial charge is 0.378 e. The SMILES string of the molecule is CN(C)c1ccc(CN(CC2CCCO2)C(=O)CCn2ccc3ccccc32)cc1. The molecule has 0 saturated carbocycles. The normalized spacial score (nSPS) is 16.1. The first-order valence-corrected chi connectivity index (χ1v) is 10.8. The molecule has 1 aliphatic rings. The van der Waals surface area contributed by atoms with Crippen LogP contribution in [0.25, 0.3) is 10.9 Å². The van der Waals surface area contributed by atoms with Crippen molar-refractivity contribution in [2.75, 3.05) is 32.1 Å². The minimum absolute atomic E-state index is 0.155. The van der Waals surface area contributed by atoms with E-state index < -0.39 is 0 Å². The summed E-state index contributed by atoms with van der Waals surface area (Å²) in [4.78, 5) is 17.3. The molecule has 1 aromatic heterocycles. The number of rotatable bonds is 8. The second-order valence-corrected chi connectivity index (χ2v) is 8.29. The highest BCUT2D eigenvalue weighted by Crippen LogP contribution is 2.19. The number of hydrogen-bond donors (Lipinski definition) is 0. The lowest BCUT2D eigenvalue weighted by Gasteiger charge is -2.26. The lowest BCUT2D eigenvalue weighted by atomic mass is 10.1. The molecule has 1 fully saturated rings. The third kappa shape index (κ3) is 4.85. The van der Waals surface area contributed by atoms with Crippen LogP contribution in [0.4, 0.5) is 5.69 Å². The van der Waals surface area contributed by atoms with E-state index in [0.29, 0.717) is 26.1 Å². The fourth-order valence-corrected chi connectivity index (χ4v) is 4.12. The third-order valence-electron chi connectivity index (χ3n) is 5.87. The van der Waals surface area contributed by atoms with Gasteiger partial charge in [-0.1, -0.05) is 30.3 Å². The van der Waals surface area contributed by atoms with Crippen molar-refractivity contribution in [3.63, 3.8) is 0 Å². The summed E-state index contributed by atoms with van der Waals surface area (Å²) in [7, 11) is 4.07. The zero-order valence-corrected chi connectivity index (χ0v) is 18.0. The molecule has 5 nitrogen and oxygen atoms in total. The Hall–Kier alpha value is -2.79. The van der Waals surface area contributed by atoms with Crippen molar-refractivity contribution in [3.05, 3.63) is 66.4 Å². The van der Waals surface area contributed by atoms with Crippen molar-refractivity contribution < 1.29 is 9.53 Å². The Morgan fingerprint density at radius 2 is 1.90 bits per heavy atom. The third-order valence-corrected chi connectivity index (χ3v) is 5.87. The molecule has 0 bridgehead atoms. The maximum Gasteiger partial charge on any atom is 0.224 e. The Kier molecular flexibility index (Phi) is 6.38. The van der Waals surface area contributed by atoms with Gasteiger partial charge in [-0.25, -0.2) is 0 Å². The molecule has 1 saturated heterocycles. The molecule has 0 N–H and O–H groups in total. The molecule has 158 valence electrons. The van der Waals surface area contributed by atoms with Gasteiger partial charge >= 0.3 is 0 Å². The fourth-order valence-electron chi connectivity index (χ4n) is 4.12. The molecule has 2 aromatic carbocycles. The number of ether oxygens (including phenoxy) is 1. The average molecular weight is 406 g/mol. The van der Waals surface area contributed by atoms with E-state index >= 15 is 0 Å². The van der Waals surface area contributed by atoms with Crippen LogP contribution in [-0.2, 0) is 22.6 Å². The van der Waals surface area contributed by atoms with Gasteiger partial charge < -0.3 is 19.1 Å². The van der Waals surface area contributed by atoms with Crippen LogP contribution in [0.15, 0.2) is 60.8 Å². The van der Waals surface area contributed by atoms with Crippen LogP contribution in [0.2, 0.25) is 0 Å². The summed E-state index contributed by atoms with van der Waals surface area (Å²) in [6, 6.07) is 18.9. The number of aromatic nitrogens is 1. The molecule has 0 spiro atoms. The quantitative estimate of drug-likeness (QED) is 0.561. The number of nitrogens with zero attached hydrogens (tertiary/aromatic N) is 3. The monoisotopic (exact) mass is 405 g/mol. The zero-order valence-electron chi connectivity index (χ0n) is 18.0. The standard InChI is InChI=1S/C25H31N3O2/c1-26(2)22-11-9-20(10-12-22)18-28(19-23-7-5-17-30-23)25(29)14-16-27-15-13-21-6-3-4-8-24(21)27/h3-4,6,8-13,15,23H,5,7,14,16-19H2,1-2H3. The molecule has 30 heavy (non-hydrogen) atoms. The van der Waals surface area contributed by atoms with Crippen LogP contribution >= 0.6 is 0 Å². The predicted octanol–water partition coefficient (Wildman–Crippen LogP) is 4.31. The van der Waals surface area contributed by atoms with Gasteiger partial charge in [0, 0.05) is 64.2 Å². The lowest BCUT2D eigenvalue weighted by molar-refractivity contribution is -0.133. The molecule has 2 heterocycles. The van der Waals surface area contributed by atoms with Crippen LogP contribution in [0.1, 0.15) is 24.8 Å². The van der Waals surface area contributed by atoms with E-state index in [9.17, 15) is 4.79 Å². The molecule has 4 rings (SSSR count). The van der Waals surface area contributed by atoms with Gasteiger partial charge in [0.1, 0.15) is 0 Å². The predicted molar refractivity (Wildman–Crippen MR) is 122 cm³/mol. The minimum Gasteiger partial charge on any atom is -0.378 e.